The molecular weight excluding hydrogens is 773 g/mol. The first-order valence-corrected chi connectivity index (χ1v) is 20.1. The van der Waals surface area contributed by atoms with Crippen LogP contribution < -0.4 is 25.1 Å². The van der Waals surface area contributed by atoms with Crippen LogP contribution in [0, 0.1) is 6.92 Å². The summed E-state index contributed by atoms with van der Waals surface area (Å²) >= 11 is 0. The topological polar surface area (TPSA) is 179 Å². The van der Waals surface area contributed by atoms with Crippen LogP contribution in [0.4, 0.5) is 0 Å². The number of benzene rings is 2. The lowest BCUT2D eigenvalue weighted by atomic mass is 9.88. The summed E-state index contributed by atoms with van der Waals surface area (Å²) in [6.45, 7) is 5.49. The fraction of sp³-hybridized carbons (Fsp3) is 0.432. The van der Waals surface area contributed by atoms with Crippen LogP contribution in [0.3, 0.4) is 0 Å². The Morgan fingerprint density at radius 2 is 1.78 bits per heavy atom. The lowest BCUT2D eigenvalue weighted by Gasteiger charge is -2.47. The monoisotopic (exact) mass is 822 g/mol. The van der Waals surface area contributed by atoms with Crippen molar-refractivity contribution in [1.82, 2.24) is 29.6 Å². The summed E-state index contributed by atoms with van der Waals surface area (Å²) in [4.78, 5) is 84.7. The third kappa shape index (κ3) is 8.61. The van der Waals surface area contributed by atoms with Crippen molar-refractivity contribution >= 4 is 40.8 Å². The molecule has 1 N–H and O–H groups in total. The molecule has 0 bridgehead atoms. The molecule has 60 heavy (non-hydrogen) atoms. The van der Waals surface area contributed by atoms with Gasteiger partial charge in [0, 0.05) is 87.9 Å². The van der Waals surface area contributed by atoms with E-state index in [1.165, 1.54) is 0 Å². The smallest absolute Gasteiger partial charge is 0.261 e. The van der Waals surface area contributed by atoms with Gasteiger partial charge in [-0.15, -0.1) is 0 Å². The standard InChI is InChI=1S/C44H50N6O10/c1-28-30(43(56)50(27-51)35-10-11-39(52)46-41(35)54)7-5-8-36(28)59-19-6-9-40(53)49-18-20-60-44(26-49)13-16-48(17-14-44)25-34-37(57-3)21-29(22-38(34)58-4)33-24-47(2)42(55)32-23-45-15-12-31(32)33/h5,7-8,12,15,21-24,27,35H,6,9-11,13-14,16-20,25-26H2,1-4H3,(H,46,52,54). The van der Waals surface area contributed by atoms with Crippen molar-refractivity contribution in [3.63, 3.8) is 0 Å². The number of aromatic nitrogens is 2. The Kier molecular flexibility index (Phi) is 12.6. The van der Waals surface area contributed by atoms with Crippen LogP contribution >= 0.6 is 0 Å². The predicted molar refractivity (Wildman–Crippen MR) is 220 cm³/mol. The molecule has 4 aromatic rings. The maximum Gasteiger partial charge on any atom is 0.261 e. The van der Waals surface area contributed by atoms with Gasteiger partial charge in [0.05, 0.1) is 44.0 Å². The molecule has 1 unspecified atom stereocenters. The Bertz CT molecular complexity index is 2350. The molecule has 16 heteroatoms. The summed E-state index contributed by atoms with van der Waals surface area (Å²) in [6, 6.07) is 9.62. The van der Waals surface area contributed by atoms with E-state index in [0.717, 1.165) is 52.9 Å². The van der Waals surface area contributed by atoms with Gasteiger partial charge in [-0.1, -0.05) is 6.07 Å². The van der Waals surface area contributed by atoms with Gasteiger partial charge in [-0.2, -0.15) is 0 Å². The number of fused-ring (bicyclic) bond motifs is 1. The number of likely N-dealkylation sites (tertiary alicyclic amines) is 1. The van der Waals surface area contributed by atoms with E-state index < -0.39 is 29.4 Å². The zero-order chi connectivity index (χ0) is 42.6. The van der Waals surface area contributed by atoms with Crippen molar-refractivity contribution in [2.75, 3.05) is 53.6 Å². The van der Waals surface area contributed by atoms with E-state index >= 15 is 0 Å². The van der Waals surface area contributed by atoms with Gasteiger partial charge in [0.15, 0.2) is 0 Å². The fourth-order valence-corrected chi connectivity index (χ4v) is 8.46. The Labute approximate surface area is 347 Å². The minimum Gasteiger partial charge on any atom is -0.496 e. The van der Waals surface area contributed by atoms with Gasteiger partial charge in [-0.25, -0.2) is 0 Å². The second-order valence-corrected chi connectivity index (χ2v) is 15.5. The van der Waals surface area contributed by atoms with Crippen LogP contribution in [0.5, 0.6) is 17.2 Å². The van der Waals surface area contributed by atoms with Gasteiger partial charge in [-0.3, -0.25) is 48.9 Å². The number of imide groups is 2. The van der Waals surface area contributed by atoms with E-state index in [4.69, 9.17) is 18.9 Å². The van der Waals surface area contributed by atoms with E-state index in [-0.39, 0.29) is 42.9 Å². The van der Waals surface area contributed by atoms with E-state index in [9.17, 15) is 28.8 Å². The molecule has 1 atom stereocenters. The van der Waals surface area contributed by atoms with Crippen molar-refractivity contribution in [2.24, 2.45) is 7.05 Å². The molecule has 3 fully saturated rings. The normalized spacial score (nSPS) is 17.9. The van der Waals surface area contributed by atoms with Crippen molar-refractivity contribution in [1.29, 1.82) is 0 Å². The number of aryl methyl sites for hydroxylation is 1. The number of amides is 5. The van der Waals surface area contributed by atoms with Gasteiger partial charge >= 0.3 is 0 Å². The first-order valence-electron chi connectivity index (χ1n) is 20.1. The first kappa shape index (κ1) is 42.0. The number of methoxy groups -OCH3 is 2. The number of carbonyl (C=O) groups excluding carboxylic acids is 5. The van der Waals surface area contributed by atoms with Crippen molar-refractivity contribution in [2.45, 2.75) is 63.6 Å². The van der Waals surface area contributed by atoms with Gasteiger partial charge < -0.3 is 28.4 Å². The summed E-state index contributed by atoms with van der Waals surface area (Å²) in [5, 5.41) is 3.51. The second kappa shape index (κ2) is 18.0. The Balaban J connectivity index is 0.927. The number of carbonyl (C=O) groups is 5. The molecule has 1 spiro atoms. The Morgan fingerprint density at radius 3 is 2.48 bits per heavy atom. The van der Waals surface area contributed by atoms with Crippen LogP contribution in [0.2, 0.25) is 0 Å². The lowest BCUT2D eigenvalue weighted by Crippen LogP contribution is -2.57. The number of pyridine rings is 2. The van der Waals surface area contributed by atoms with Crippen LogP contribution in [0.15, 0.2) is 59.8 Å². The number of hydrogen-bond acceptors (Lipinski definition) is 12. The molecule has 3 aliphatic rings. The molecule has 316 valence electrons. The van der Waals surface area contributed by atoms with E-state index in [2.05, 4.69) is 15.2 Å². The molecule has 2 aromatic carbocycles. The second-order valence-electron chi connectivity index (χ2n) is 15.5. The molecule has 5 heterocycles. The predicted octanol–water partition coefficient (Wildman–Crippen LogP) is 3.38. The van der Waals surface area contributed by atoms with Gasteiger partial charge in [0.1, 0.15) is 23.3 Å². The molecule has 2 aromatic heterocycles. The van der Waals surface area contributed by atoms with E-state index in [0.29, 0.717) is 67.3 Å². The summed E-state index contributed by atoms with van der Waals surface area (Å²) in [6.07, 6.45) is 7.71. The molecule has 5 amide bonds. The minimum atomic E-state index is -1.08. The van der Waals surface area contributed by atoms with Gasteiger partial charge in [-0.05, 0) is 73.9 Å². The van der Waals surface area contributed by atoms with Crippen LogP contribution in [-0.4, -0.2) is 120 Å². The SMILES string of the molecule is COc1cc(-c2cn(C)c(=O)c3cnccc23)cc(OC)c1CN1CCC2(CC1)CN(C(=O)CCCOc1cccc(C(=O)N(C=O)C3CCC(=O)NC3=O)c1C)CCO2. The number of piperidine rings is 2. The van der Waals surface area contributed by atoms with Crippen molar-refractivity contribution < 1.29 is 42.9 Å². The fourth-order valence-electron chi connectivity index (χ4n) is 8.46. The summed E-state index contributed by atoms with van der Waals surface area (Å²) in [5.41, 5.74) is 2.78. The van der Waals surface area contributed by atoms with Crippen LogP contribution in [0.1, 0.15) is 60.0 Å². The summed E-state index contributed by atoms with van der Waals surface area (Å²) < 4.78 is 25.8. The quantitative estimate of drug-likeness (QED) is 0.118. The highest BCUT2D eigenvalue weighted by Gasteiger charge is 2.41. The number of morpholine rings is 1. The highest BCUT2D eigenvalue weighted by atomic mass is 16.5. The largest absolute Gasteiger partial charge is 0.496 e. The molecule has 0 aliphatic carbocycles. The highest BCUT2D eigenvalue weighted by molar-refractivity contribution is 6.07. The Morgan fingerprint density at radius 1 is 1.03 bits per heavy atom. The van der Waals surface area contributed by atoms with E-state index in [1.807, 2.05) is 29.3 Å². The number of nitrogens with one attached hydrogen (secondary N) is 1. The number of ether oxygens (including phenoxy) is 4. The third-order valence-electron chi connectivity index (χ3n) is 11.9. The molecule has 0 radical (unpaired) electrons. The molecular formula is C44H50N6O10. The molecule has 7 rings (SSSR count). The number of nitrogens with zero attached hydrogens (tertiary/aromatic N) is 5. The minimum absolute atomic E-state index is 0.0207. The molecule has 16 nitrogen and oxygen atoms in total. The molecule has 0 saturated carbocycles. The van der Waals surface area contributed by atoms with Crippen LogP contribution in [-0.2, 0) is 37.5 Å². The molecule has 3 aliphatic heterocycles. The first-order chi connectivity index (χ1) is 28.9. The van der Waals surface area contributed by atoms with Crippen molar-refractivity contribution in [3.05, 3.63) is 82.0 Å². The average molecular weight is 823 g/mol. The number of hydrogen-bond donors (Lipinski definition) is 1. The summed E-state index contributed by atoms with van der Waals surface area (Å²) in [7, 11) is 5.01. The highest BCUT2D eigenvalue weighted by Crippen LogP contribution is 2.39. The maximum atomic E-state index is 13.5. The van der Waals surface area contributed by atoms with Crippen molar-refractivity contribution in [3.8, 4) is 28.4 Å². The Hall–Kier alpha value is -6.13. The summed E-state index contributed by atoms with van der Waals surface area (Å²) in [5.74, 6) is 0.0211. The van der Waals surface area contributed by atoms with Crippen LogP contribution in [0.25, 0.3) is 21.9 Å². The zero-order valence-electron chi connectivity index (χ0n) is 34.4. The lowest BCUT2D eigenvalue weighted by molar-refractivity contribution is -0.159. The third-order valence-corrected chi connectivity index (χ3v) is 11.9. The average Bonchev–Trinajstić information content (AvgIpc) is 3.26. The number of rotatable bonds is 13. The zero-order valence-corrected chi connectivity index (χ0v) is 34.4. The maximum absolute atomic E-state index is 13.5. The van der Waals surface area contributed by atoms with E-state index in [1.54, 1.807) is 63.4 Å². The van der Waals surface area contributed by atoms with Gasteiger partial charge in [0.25, 0.3) is 11.5 Å². The molecule has 3 saturated heterocycles. The van der Waals surface area contributed by atoms with Gasteiger partial charge in [0.2, 0.25) is 24.1 Å².